The van der Waals surface area contributed by atoms with Crippen molar-refractivity contribution in [3.63, 3.8) is 0 Å². The largest absolute Gasteiger partial charge is 0.354 e. The normalized spacial score (nSPS) is 15.3. The summed E-state index contributed by atoms with van der Waals surface area (Å²) < 4.78 is 0. The van der Waals surface area contributed by atoms with Gasteiger partial charge in [-0.15, -0.1) is 0 Å². The van der Waals surface area contributed by atoms with E-state index in [1.54, 1.807) is 12.7 Å². The first-order valence-electron chi connectivity index (χ1n) is 9.29. The van der Waals surface area contributed by atoms with E-state index in [9.17, 15) is 0 Å². The topological polar surface area (TPSA) is 58.0 Å². The Morgan fingerprint density at radius 2 is 1.04 bits per heavy atom. The van der Waals surface area contributed by atoms with Crippen LogP contribution in [0.25, 0.3) is 21.8 Å². The monoisotopic (exact) mass is 356 g/mol. The molecule has 0 unspecified atom stereocenters. The summed E-state index contributed by atoms with van der Waals surface area (Å²) in [6.07, 6.45) is 4.38. The third-order valence-electron chi connectivity index (χ3n) is 5.14. The molecule has 0 atom stereocenters. The molecule has 0 saturated carbocycles. The summed E-state index contributed by atoms with van der Waals surface area (Å²) in [5.41, 5.74) is 1.98. The minimum atomic E-state index is 0.902. The van der Waals surface area contributed by atoms with Crippen LogP contribution in [0, 0.1) is 0 Å². The van der Waals surface area contributed by atoms with Crippen LogP contribution in [0.15, 0.2) is 61.2 Å². The molecule has 0 bridgehead atoms. The predicted molar refractivity (Wildman–Crippen MR) is 108 cm³/mol. The van der Waals surface area contributed by atoms with E-state index >= 15 is 0 Å². The molecule has 0 radical (unpaired) electrons. The van der Waals surface area contributed by atoms with Crippen molar-refractivity contribution >= 4 is 33.4 Å². The molecule has 2 aromatic heterocycles. The van der Waals surface area contributed by atoms with Crippen molar-refractivity contribution in [2.75, 3.05) is 36.0 Å². The van der Waals surface area contributed by atoms with Crippen molar-refractivity contribution in [1.29, 1.82) is 0 Å². The average Bonchev–Trinajstić information content (AvgIpc) is 2.99. The fraction of sp³-hybridized carbons (Fsp3) is 0.238. The van der Waals surface area contributed by atoms with E-state index in [-0.39, 0.29) is 0 Å². The van der Waals surface area contributed by atoms with Crippen LogP contribution >= 0.6 is 0 Å². The molecular formula is C21H20N6. The SMILES string of the molecule is c1ccc2c(N3CCCN(c4ncnc5ccccc45)CC3)ncnc2c1. The second kappa shape index (κ2) is 6.79. The third-order valence-corrected chi connectivity index (χ3v) is 5.14. The molecule has 1 fully saturated rings. The van der Waals surface area contributed by atoms with Crippen molar-refractivity contribution in [2.24, 2.45) is 0 Å². The van der Waals surface area contributed by atoms with Gasteiger partial charge in [-0.25, -0.2) is 19.9 Å². The van der Waals surface area contributed by atoms with Crippen molar-refractivity contribution < 1.29 is 0 Å². The van der Waals surface area contributed by atoms with E-state index in [4.69, 9.17) is 0 Å². The summed E-state index contributed by atoms with van der Waals surface area (Å²) in [4.78, 5) is 22.7. The fourth-order valence-electron chi connectivity index (χ4n) is 3.83. The van der Waals surface area contributed by atoms with Crippen LogP contribution in [-0.4, -0.2) is 46.1 Å². The van der Waals surface area contributed by atoms with E-state index in [1.807, 2.05) is 36.4 Å². The van der Waals surface area contributed by atoms with Gasteiger partial charge in [-0.1, -0.05) is 24.3 Å². The van der Waals surface area contributed by atoms with Gasteiger partial charge in [-0.3, -0.25) is 0 Å². The molecular weight excluding hydrogens is 336 g/mol. The highest BCUT2D eigenvalue weighted by molar-refractivity contribution is 5.90. The molecule has 4 aromatic rings. The lowest BCUT2D eigenvalue weighted by molar-refractivity contribution is 0.796. The molecule has 5 rings (SSSR count). The molecule has 6 heteroatoms. The van der Waals surface area contributed by atoms with Crippen LogP contribution in [0.4, 0.5) is 11.6 Å². The number of nitrogens with zero attached hydrogens (tertiary/aromatic N) is 6. The van der Waals surface area contributed by atoms with Gasteiger partial charge in [0.25, 0.3) is 0 Å². The maximum Gasteiger partial charge on any atom is 0.139 e. The fourth-order valence-corrected chi connectivity index (χ4v) is 3.83. The van der Waals surface area contributed by atoms with Crippen LogP contribution in [0.2, 0.25) is 0 Å². The molecule has 0 N–H and O–H groups in total. The first-order chi connectivity index (χ1) is 13.4. The Labute approximate surface area is 157 Å². The van der Waals surface area contributed by atoms with Crippen LogP contribution < -0.4 is 9.80 Å². The average molecular weight is 356 g/mol. The number of fused-ring (bicyclic) bond motifs is 2. The number of rotatable bonds is 2. The molecule has 27 heavy (non-hydrogen) atoms. The van der Waals surface area contributed by atoms with Crippen LogP contribution in [0.5, 0.6) is 0 Å². The first kappa shape index (κ1) is 15.9. The number of aromatic nitrogens is 4. The summed E-state index contributed by atoms with van der Waals surface area (Å²) in [6, 6.07) is 16.4. The Bertz CT molecular complexity index is 998. The lowest BCUT2D eigenvalue weighted by Gasteiger charge is -2.24. The third kappa shape index (κ3) is 2.93. The van der Waals surface area contributed by atoms with Crippen molar-refractivity contribution in [1.82, 2.24) is 19.9 Å². The minimum Gasteiger partial charge on any atom is -0.354 e. The summed E-state index contributed by atoms with van der Waals surface area (Å²) >= 11 is 0. The Kier molecular flexibility index (Phi) is 4.01. The van der Waals surface area contributed by atoms with Crippen LogP contribution in [0.3, 0.4) is 0 Å². The van der Waals surface area contributed by atoms with E-state index < -0.39 is 0 Å². The molecule has 1 saturated heterocycles. The molecule has 1 aliphatic heterocycles. The van der Waals surface area contributed by atoms with Crippen LogP contribution in [0.1, 0.15) is 6.42 Å². The zero-order valence-electron chi connectivity index (χ0n) is 15.0. The van der Waals surface area contributed by atoms with E-state index in [2.05, 4.69) is 41.9 Å². The molecule has 6 nitrogen and oxygen atoms in total. The van der Waals surface area contributed by atoms with E-state index in [1.165, 1.54) is 0 Å². The Balaban J connectivity index is 1.45. The smallest absolute Gasteiger partial charge is 0.139 e. The van der Waals surface area contributed by atoms with Gasteiger partial charge in [0, 0.05) is 37.0 Å². The van der Waals surface area contributed by atoms with Gasteiger partial charge >= 0.3 is 0 Å². The molecule has 3 heterocycles. The second-order valence-corrected chi connectivity index (χ2v) is 6.76. The Morgan fingerprint density at radius 3 is 1.56 bits per heavy atom. The lowest BCUT2D eigenvalue weighted by Crippen LogP contribution is -2.31. The van der Waals surface area contributed by atoms with Crippen LogP contribution in [-0.2, 0) is 0 Å². The first-order valence-corrected chi connectivity index (χ1v) is 9.29. The number of para-hydroxylation sites is 2. The minimum absolute atomic E-state index is 0.902. The maximum absolute atomic E-state index is 4.59. The van der Waals surface area contributed by atoms with Gasteiger partial charge in [0.05, 0.1) is 11.0 Å². The molecule has 0 spiro atoms. The highest BCUT2D eigenvalue weighted by atomic mass is 15.3. The number of benzene rings is 2. The Hall–Kier alpha value is -3.28. The van der Waals surface area contributed by atoms with Gasteiger partial charge in [-0.2, -0.15) is 0 Å². The second-order valence-electron chi connectivity index (χ2n) is 6.76. The van der Waals surface area contributed by atoms with Gasteiger partial charge < -0.3 is 9.80 Å². The van der Waals surface area contributed by atoms with Gasteiger partial charge in [0.1, 0.15) is 24.3 Å². The van der Waals surface area contributed by atoms with Crippen molar-refractivity contribution in [3.05, 3.63) is 61.2 Å². The zero-order chi connectivity index (χ0) is 18.1. The predicted octanol–water partition coefficient (Wildman–Crippen LogP) is 3.29. The number of hydrogen-bond acceptors (Lipinski definition) is 6. The zero-order valence-corrected chi connectivity index (χ0v) is 15.0. The molecule has 0 aliphatic carbocycles. The van der Waals surface area contributed by atoms with Gasteiger partial charge in [0.15, 0.2) is 0 Å². The highest BCUT2D eigenvalue weighted by Gasteiger charge is 2.20. The van der Waals surface area contributed by atoms with Gasteiger partial charge in [0.2, 0.25) is 0 Å². The molecule has 2 aromatic carbocycles. The Morgan fingerprint density at radius 1 is 0.556 bits per heavy atom. The quantitative estimate of drug-likeness (QED) is 0.549. The lowest BCUT2D eigenvalue weighted by atomic mass is 10.2. The summed E-state index contributed by atoms with van der Waals surface area (Å²) in [6.45, 7) is 3.75. The molecule has 1 aliphatic rings. The van der Waals surface area contributed by atoms with E-state index in [0.29, 0.717) is 0 Å². The molecule has 0 amide bonds. The summed E-state index contributed by atoms with van der Waals surface area (Å²) in [7, 11) is 0. The highest BCUT2D eigenvalue weighted by Crippen LogP contribution is 2.26. The summed E-state index contributed by atoms with van der Waals surface area (Å²) in [5.74, 6) is 2.05. The summed E-state index contributed by atoms with van der Waals surface area (Å²) in [5, 5.41) is 2.22. The van der Waals surface area contributed by atoms with Crippen molar-refractivity contribution in [3.8, 4) is 0 Å². The number of anilines is 2. The van der Waals surface area contributed by atoms with Gasteiger partial charge in [-0.05, 0) is 30.7 Å². The molecule has 134 valence electrons. The number of hydrogen-bond donors (Lipinski definition) is 0. The van der Waals surface area contributed by atoms with E-state index in [0.717, 1.165) is 66.0 Å². The standard InChI is InChI=1S/C21H20N6/c1-3-8-18-16(6-1)20(24-14-22-18)26-10-5-11-27(13-12-26)21-17-7-2-4-9-19(17)23-15-25-21/h1-4,6-9,14-15H,5,10-13H2. The van der Waals surface area contributed by atoms with Crippen molar-refractivity contribution in [2.45, 2.75) is 6.42 Å². The maximum atomic E-state index is 4.59.